The van der Waals surface area contributed by atoms with Crippen LogP contribution in [0.5, 0.6) is 0 Å². The third kappa shape index (κ3) is 2.85. The van der Waals surface area contributed by atoms with E-state index in [0.29, 0.717) is 11.1 Å². The highest BCUT2D eigenvalue weighted by Crippen LogP contribution is 2.24. The monoisotopic (exact) mass is 300 g/mol. The smallest absolute Gasteiger partial charge is 0.177 e. The highest BCUT2D eigenvalue weighted by Gasteiger charge is 2.12. The SMILES string of the molecule is CC(C)c1cnc2c(NCc3ccccc3)cc(Cl)nn12. The number of nitrogens with zero attached hydrogens (tertiary/aromatic N) is 3. The molecule has 21 heavy (non-hydrogen) atoms. The summed E-state index contributed by atoms with van der Waals surface area (Å²) >= 11 is 6.14. The van der Waals surface area contributed by atoms with Crippen LogP contribution in [-0.2, 0) is 6.54 Å². The molecule has 0 saturated heterocycles. The van der Waals surface area contributed by atoms with Crippen LogP contribution in [0.4, 0.5) is 5.69 Å². The molecule has 0 fully saturated rings. The van der Waals surface area contributed by atoms with E-state index in [0.717, 1.165) is 23.6 Å². The molecule has 0 amide bonds. The van der Waals surface area contributed by atoms with E-state index in [4.69, 9.17) is 11.6 Å². The van der Waals surface area contributed by atoms with Crippen LogP contribution in [-0.4, -0.2) is 14.6 Å². The van der Waals surface area contributed by atoms with Crippen molar-refractivity contribution in [2.45, 2.75) is 26.3 Å². The molecule has 5 heteroatoms. The number of nitrogens with one attached hydrogen (secondary N) is 1. The van der Waals surface area contributed by atoms with Crippen LogP contribution in [0.1, 0.15) is 31.0 Å². The molecule has 0 atom stereocenters. The first-order valence-corrected chi connectivity index (χ1v) is 7.35. The Balaban J connectivity index is 1.95. The Labute approximate surface area is 128 Å². The van der Waals surface area contributed by atoms with Gasteiger partial charge in [0, 0.05) is 12.6 Å². The summed E-state index contributed by atoms with van der Waals surface area (Å²) in [6.45, 7) is 4.95. The molecule has 2 heterocycles. The second-order valence-corrected chi connectivity index (χ2v) is 5.68. The van der Waals surface area contributed by atoms with E-state index in [-0.39, 0.29) is 0 Å². The minimum atomic E-state index is 0.341. The first-order valence-electron chi connectivity index (χ1n) is 6.97. The molecule has 1 aromatic carbocycles. The predicted molar refractivity (Wildman–Crippen MR) is 85.9 cm³/mol. The fourth-order valence-electron chi connectivity index (χ4n) is 2.27. The maximum atomic E-state index is 6.14. The topological polar surface area (TPSA) is 42.2 Å². The van der Waals surface area contributed by atoms with Gasteiger partial charge in [-0.25, -0.2) is 9.50 Å². The van der Waals surface area contributed by atoms with Gasteiger partial charge in [0.1, 0.15) is 0 Å². The number of aromatic nitrogens is 3. The van der Waals surface area contributed by atoms with Gasteiger partial charge in [-0.2, -0.15) is 5.10 Å². The summed E-state index contributed by atoms with van der Waals surface area (Å²) < 4.78 is 1.82. The second kappa shape index (κ2) is 5.74. The van der Waals surface area contributed by atoms with E-state index in [2.05, 4.69) is 41.4 Å². The van der Waals surface area contributed by atoms with Gasteiger partial charge in [-0.3, -0.25) is 0 Å². The fraction of sp³-hybridized carbons (Fsp3) is 0.250. The lowest BCUT2D eigenvalue weighted by molar-refractivity contribution is 0.759. The predicted octanol–water partition coefficient (Wildman–Crippen LogP) is 4.12. The number of anilines is 1. The van der Waals surface area contributed by atoms with Gasteiger partial charge in [-0.15, -0.1) is 0 Å². The molecular weight excluding hydrogens is 284 g/mol. The van der Waals surface area contributed by atoms with Gasteiger partial charge in [0.25, 0.3) is 0 Å². The van der Waals surface area contributed by atoms with Crippen molar-refractivity contribution < 1.29 is 0 Å². The zero-order valence-corrected chi connectivity index (χ0v) is 12.8. The maximum Gasteiger partial charge on any atom is 0.177 e. The molecule has 2 aromatic heterocycles. The third-order valence-electron chi connectivity index (χ3n) is 3.38. The van der Waals surface area contributed by atoms with Crippen molar-refractivity contribution in [3.63, 3.8) is 0 Å². The minimum Gasteiger partial charge on any atom is -0.378 e. The molecule has 0 radical (unpaired) electrons. The maximum absolute atomic E-state index is 6.14. The van der Waals surface area contributed by atoms with Crippen LogP contribution in [0.15, 0.2) is 42.6 Å². The Morgan fingerprint density at radius 3 is 2.71 bits per heavy atom. The van der Waals surface area contributed by atoms with Gasteiger partial charge >= 0.3 is 0 Å². The van der Waals surface area contributed by atoms with Gasteiger partial charge in [0.05, 0.1) is 17.6 Å². The van der Waals surface area contributed by atoms with Crippen molar-refractivity contribution in [3.8, 4) is 0 Å². The second-order valence-electron chi connectivity index (χ2n) is 5.29. The van der Waals surface area contributed by atoms with Crippen LogP contribution in [0.3, 0.4) is 0 Å². The molecular formula is C16H17ClN4. The van der Waals surface area contributed by atoms with Gasteiger partial charge in [-0.1, -0.05) is 55.8 Å². The number of fused-ring (bicyclic) bond motifs is 1. The van der Waals surface area contributed by atoms with E-state index >= 15 is 0 Å². The van der Waals surface area contributed by atoms with Gasteiger partial charge < -0.3 is 5.32 Å². The first kappa shape index (κ1) is 13.9. The van der Waals surface area contributed by atoms with E-state index in [9.17, 15) is 0 Å². The van der Waals surface area contributed by atoms with Crippen molar-refractivity contribution in [3.05, 3.63) is 59.0 Å². The molecule has 3 rings (SSSR count). The Morgan fingerprint density at radius 1 is 1.24 bits per heavy atom. The fourth-order valence-corrected chi connectivity index (χ4v) is 2.46. The molecule has 0 spiro atoms. The van der Waals surface area contributed by atoms with Crippen molar-refractivity contribution in [1.82, 2.24) is 14.6 Å². The van der Waals surface area contributed by atoms with Crippen molar-refractivity contribution >= 4 is 22.9 Å². The summed E-state index contributed by atoms with van der Waals surface area (Å²) in [5, 5.41) is 8.20. The summed E-state index contributed by atoms with van der Waals surface area (Å²) in [6, 6.07) is 12.0. The van der Waals surface area contributed by atoms with Crippen molar-refractivity contribution in [1.29, 1.82) is 0 Å². The molecule has 0 unspecified atom stereocenters. The average molecular weight is 301 g/mol. The Bertz CT molecular complexity index is 750. The van der Waals surface area contributed by atoms with Crippen LogP contribution >= 0.6 is 11.6 Å². The standard InChI is InChI=1S/C16H17ClN4/c1-11(2)14-10-19-16-13(8-15(17)20-21(14)16)18-9-12-6-4-3-5-7-12/h3-8,10-11,18H,9H2,1-2H3. The third-order valence-corrected chi connectivity index (χ3v) is 3.57. The van der Waals surface area contributed by atoms with Crippen LogP contribution < -0.4 is 5.32 Å². The molecule has 3 aromatic rings. The molecule has 4 nitrogen and oxygen atoms in total. The van der Waals surface area contributed by atoms with Crippen LogP contribution in [0.2, 0.25) is 5.15 Å². The van der Waals surface area contributed by atoms with Crippen molar-refractivity contribution in [2.24, 2.45) is 0 Å². The van der Waals surface area contributed by atoms with Gasteiger partial charge in [0.2, 0.25) is 0 Å². The normalized spacial score (nSPS) is 11.2. The molecule has 108 valence electrons. The number of imidazole rings is 1. The molecule has 0 saturated carbocycles. The Hall–Kier alpha value is -2.07. The minimum absolute atomic E-state index is 0.341. The number of halogens is 1. The molecule has 0 aliphatic carbocycles. The lowest BCUT2D eigenvalue weighted by Crippen LogP contribution is -2.05. The summed E-state index contributed by atoms with van der Waals surface area (Å²) in [7, 11) is 0. The van der Waals surface area contributed by atoms with Crippen molar-refractivity contribution in [2.75, 3.05) is 5.32 Å². The molecule has 1 N–H and O–H groups in total. The van der Waals surface area contributed by atoms with E-state index in [1.54, 1.807) is 0 Å². The highest BCUT2D eigenvalue weighted by atomic mass is 35.5. The summed E-state index contributed by atoms with van der Waals surface area (Å²) in [5.74, 6) is 0.341. The average Bonchev–Trinajstić information content (AvgIpc) is 2.89. The zero-order chi connectivity index (χ0) is 14.8. The zero-order valence-electron chi connectivity index (χ0n) is 12.0. The van der Waals surface area contributed by atoms with Gasteiger partial charge in [0.15, 0.2) is 10.8 Å². The number of rotatable bonds is 4. The lowest BCUT2D eigenvalue weighted by Gasteiger charge is -2.10. The van der Waals surface area contributed by atoms with Crippen LogP contribution in [0, 0.1) is 0 Å². The van der Waals surface area contributed by atoms with Crippen LogP contribution in [0.25, 0.3) is 5.65 Å². The summed E-state index contributed by atoms with van der Waals surface area (Å²) in [5.41, 5.74) is 3.96. The number of hydrogen-bond acceptors (Lipinski definition) is 3. The van der Waals surface area contributed by atoms with Gasteiger partial charge in [-0.05, 0) is 11.5 Å². The quantitative estimate of drug-likeness (QED) is 0.788. The lowest BCUT2D eigenvalue weighted by atomic mass is 10.2. The Morgan fingerprint density at radius 2 is 2.00 bits per heavy atom. The first-order chi connectivity index (χ1) is 10.1. The number of hydrogen-bond donors (Lipinski definition) is 1. The summed E-state index contributed by atoms with van der Waals surface area (Å²) in [6.07, 6.45) is 1.86. The van der Waals surface area contributed by atoms with E-state index < -0.39 is 0 Å². The largest absolute Gasteiger partial charge is 0.378 e. The summed E-state index contributed by atoms with van der Waals surface area (Å²) in [4.78, 5) is 4.47. The van der Waals surface area contributed by atoms with E-state index in [1.807, 2.05) is 35.0 Å². The Kier molecular flexibility index (Phi) is 3.80. The van der Waals surface area contributed by atoms with E-state index in [1.165, 1.54) is 5.56 Å². The molecule has 0 aliphatic rings. The molecule has 0 aliphatic heterocycles. The number of benzene rings is 1. The highest BCUT2D eigenvalue weighted by molar-refractivity contribution is 6.29. The molecule has 0 bridgehead atoms.